The normalized spacial score (nSPS) is 29.2. The first kappa shape index (κ1) is 12.7. The van der Waals surface area contributed by atoms with E-state index in [-0.39, 0.29) is 17.9 Å². The molecule has 3 rings (SSSR count). The molecule has 3 N–H and O–H groups in total. The average Bonchev–Trinajstić information content (AvgIpc) is 2.39. The van der Waals surface area contributed by atoms with E-state index in [1.165, 1.54) is 24.0 Å². The van der Waals surface area contributed by atoms with Crippen molar-refractivity contribution in [3.8, 4) is 0 Å². The van der Waals surface area contributed by atoms with Gasteiger partial charge in [-0.1, -0.05) is 37.1 Å². The number of amides is 1. The van der Waals surface area contributed by atoms with Crippen molar-refractivity contribution < 1.29 is 4.79 Å². The molecule has 1 aromatic rings. The van der Waals surface area contributed by atoms with Crippen LogP contribution < -0.4 is 11.1 Å². The van der Waals surface area contributed by atoms with E-state index in [1.807, 2.05) is 12.1 Å². The number of rotatable bonds is 3. The van der Waals surface area contributed by atoms with E-state index in [0.717, 1.165) is 25.8 Å². The molecule has 0 aliphatic heterocycles. The van der Waals surface area contributed by atoms with Gasteiger partial charge in [0.2, 0.25) is 5.91 Å². The van der Waals surface area contributed by atoms with Crippen molar-refractivity contribution >= 4 is 5.91 Å². The fourth-order valence-corrected chi connectivity index (χ4v) is 3.34. The zero-order valence-corrected chi connectivity index (χ0v) is 11.3. The number of fused-ring (bicyclic) bond motifs is 1. The Morgan fingerprint density at radius 2 is 2.05 bits per heavy atom. The lowest BCUT2D eigenvalue weighted by molar-refractivity contribution is -0.123. The van der Waals surface area contributed by atoms with Crippen LogP contribution in [0.25, 0.3) is 0 Å². The van der Waals surface area contributed by atoms with Gasteiger partial charge >= 0.3 is 0 Å². The van der Waals surface area contributed by atoms with Crippen molar-refractivity contribution in [2.24, 2.45) is 11.7 Å². The summed E-state index contributed by atoms with van der Waals surface area (Å²) in [4.78, 5) is 12.2. The summed E-state index contributed by atoms with van der Waals surface area (Å²) < 4.78 is 0. The molecule has 3 unspecified atom stereocenters. The topological polar surface area (TPSA) is 55.1 Å². The van der Waals surface area contributed by atoms with Crippen molar-refractivity contribution in [3.63, 3.8) is 0 Å². The van der Waals surface area contributed by atoms with Crippen LogP contribution in [-0.2, 0) is 11.2 Å². The maximum Gasteiger partial charge on any atom is 0.227 e. The lowest BCUT2D eigenvalue weighted by atomic mass is 9.77. The third kappa shape index (κ3) is 2.52. The fraction of sp³-hybridized carbons (Fsp3) is 0.562. The lowest BCUT2D eigenvalue weighted by Gasteiger charge is -2.32. The zero-order chi connectivity index (χ0) is 13.2. The monoisotopic (exact) mass is 258 g/mol. The van der Waals surface area contributed by atoms with E-state index >= 15 is 0 Å². The van der Waals surface area contributed by atoms with Gasteiger partial charge in [0, 0.05) is 12.6 Å². The summed E-state index contributed by atoms with van der Waals surface area (Å²) in [5, 5.41) is 3.11. The summed E-state index contributed by atoms with van der Waals surface area (Å²) in [6.07, 6.45) is 5.64. The van der Waals surface area contributed by atoms with E-state index in [9.17, 15) is 4.79 Å². The second kappa shape index (κ2) is 5.33. The number of nitrogens with two attached hydrogens (primary N) is 1. The number of carbonyl (C=O) groups is 1. The number of benzene rings is 1. The highest BCUT2D eigenvalue weighted by Gasteiger charge is 2.32. The number of hydrogen-bond acceptors (Lipinski definition) is 2. The first-order valence-electron chi connectivity index (χ1n) is 7.37. The molecule has 1 fully saturated rings. The average molecular weight is 258 g/mol. The van der Waals surface area contributed by atoms with Crippen LogP contribution in [0.2, 0.25) is 0 Å². The lowest BCUT2D eigenvalue weighted by Crippen LogP contribution is -2.43. The predicted octanol–water partition coefficient (Wildman–Crippen LogP) is 1.96. The first-order chi connectivity index (χ1) is 9.25. The molecule has 2 aliphatic carbocycles. The highest BCUT2D eigenvalue weighted by molar-refractivity contribution is 5.86. The summed E-state index contributed by atoms with van der Waals surface area (Å²) in [5.74, 6) is 0.709. The molecule has 0 spiro atoms. The van der Waals surface area contributed by atoms with E-state index in [0.29, 0.717) is 5.92 Å². The van der Waals surface area contributed by atoms with Gasteiger partial charge in [-0.2, -0.15) is 0 Å². The quantitative estimate of drug-likeness (QED) is 0.870. The van der Waals surface area contributed by atoms with Crippen LogP contribution >= 0.6 is 0 Å². The van der Waals surface area contributed by atoms with Crippen molar-refractivity contribution in [2.75, 3.05) is 6.54 Å². The Kier molecular flexibility index (Phi) is 3.56. The van der Waals surface area contributed by atoms with Crippen molar-refractivity contribution in [1.82, 2.24) is 5.32 Å². The van der Waals surface area contributed by atoms with E-state index in [4.69, 9.17) is 5.73 Å². The Bertz CT molecular complexity index is 472. The van der Waals surface area contributed by atoms with Gasteiger partial charge in [0.1, 0.15) is 0 Å². The Morgan fingerprint density at radius 1 is 1.26 bits per heavy atom. The molecular weight excluding hydrogens is 236 g/mol. The third-order valence-electron chi connectivity index (χ3n) is 4.68. The van der Waals surface area contributed by atoms with Crippen molar-refractivity contribution in [1.29, 1.82) is 0 Å². The molecule has 0 heterocycles. The number of nitrogens with one attached hydrogen (secondary N) is 1. The highest BCUT2D eigenvalue weighted by atomic mass is 16.1. The van der Waals surface area contributed by atoms with Gasteiger partial charge in [0.05, 0.1) is 5.92 Å². The molecule has 2 aliphatic rings. The Labute approximate surface area is 114 Å². The second-order valence-corrected chi connectivity index (χ2v) is 5.91. The minimum atomic E-state index is 0.0658. The van der Waals surface area contributed by atoms with Gasteiger partial charge in [-0.3, -0.25) is 4.79 Å². The maximum absolute atomic E-state index is 12.2. The Hall–Kier alpha value is -1.35. The van der Waals surface area contributed by atoms with Gasteiger partial charge < -0.3 is 11.1 Å². The fourth-order valence-electron chi connectivity index (χ4n) is 3.34. The van der Waals surface area contributed by atoms with Gasteiger partial charge in [-0.05, 0) is 36.3 Å². The van der Waals surface area contributed by atoms with E-state index in [2.05, 4.69) is 17.4 Å². The minimum Gasteiger partial charge on any atom is -0.355 e. The largest absolute Gasteiger partial charge is 0.355 e. The van der Waals surface area contributed by atoms with Crippen LogP contribution in [0.3, 0.4) is 0 Å². The predicted molar refractivity (Wildman–Crippen MR) is 75.8 cm³/mol. The molecule has 1 saturated carbocycles. The van der Waals surface area contributed by atoms with Gasteiger partial charge in [0.25, 0.3) is 0 Å². The van der Waals surface area contributed by atoms with Gasteiger partial charge in [0.15, 0.2) is 0 Å². The molecule has 102 valence electrons. The summed E-state index contributed by atoms with van der Waals surface area (Å²) in [5.41, 5.74) is 8.63. The van der Waals surface area contributed by atoms with Gasteiger partial charge in [-0.15, -0.1) is 0 Å². The van der Waals surface area contributed by atoms with E-state index < -0.39 is 0 Å². The van der Waals surface area contributed by atoms with Gasteiger partial charge in [-0.25, -0.2) is 0 Å². The van der Waals surface area contributed by atoms with E-state index in [1.54, 1.807) is 0 Å². The van der Waals surface area contributed by atoms with Crippen molar-refractivity contribution in [2.45, 2.75) is 44.1 Å². The molecule has 3 heteroatoms. The molecule has 0 bridgehead atoms. The minimum absolute atomic E-state index is 0.0658. The molecular formula is C16H22N2O. The molecule has 19 heavy (non-hydrogen) atoms. The summed E-state index contributed by atoms with van der Waals surface area (Å²) in [6, 6.07) is 8.48. The maximum atomic E-state index is 12.2. The third-order valence-corrected chi connectivity index (χ3v) is 4.68. The standard InChI is InChI=1S/C16H22N2O/c17-15-8-4-2-6-12(15)10-18-16(19)14-9-11-5-1-3-7-13(11)14/h1,3,5,7,12,14-15H,2,4,6,8-10,17H2,(H,18,19). The SMILES string of the molecule is NC1CCCCC1CNC(=O)C1Cc2ccccc21. The molecule has 3 atom stereocenters. The molecule has 0 saturated heterocycles. The van der Waals surface area contributed by atoms with Crippen LogP contribution in [0.5, 0.6) is 0 Å². The van der Waals surface area contributed by atoms with Crippen LogP contribution in [0.15, 0.2) is 24.3 Å². The van der Waals surface area contributed by atoms with Crippen LogP contribution in [0.1, 0.15) is 42.7 Å². The highest BCUT2D eigenvalue weighted by Crippen LogP contribution is 2.34. The number of carbonyl (C=O) groups excluding carboxylic acids is 1. The summed E-state index contributed by atoms with van der Waals surface area (Å²) in [6.45, 7) is 0.749. The van der Waals surface area contributed by atoms with Crippen LogP contribution in [-0.4, -0.2) is 18.5 Å². The Morgan fingerprint density at radius 3 is 2.84 bits per heavy atom. The van der Waals surface area contributed by atoms with Crippen molar-refractivity contribution in [3.05, 3.63) is 35.4 Å². The molecule has 1 amide bonds. The summed E-state index contributed by atoms with van der Waals surface area (Å²) >= 11 is 0. The molecule has 0 aromatic heterocycles. The second-order valence-electron chi connectivity index (χ2n) is 5.91. The summed E-state index contributed by atoms with van der Waals surface area (Å²) in [7, 11) is 0. The molecule has 3 nitrogen and oxygen atoms in total. The Balaban J connectivity index is 1.53. The molecule has 0 radical (unpaired) electrons. The van der Waals surface area contributed by atoms with Crippen LogP contribution in [0.4, 0.5) is 0 Å². The number of hydrogen-bond donors (Lipinski definition) is 2. The first-order valence-corrected chi connectivity index (χ1v) is 7.37. The molecule has 1 aromatic carbocycles. The zero-order valence-electron chi connectivity index (χ0n) is 11.3. The van der Waals surface area contributed by atoms with Crippen LogP contribution in [0, 0.1) is 5.92 Å². The smallest absolute Gasteiger partial charge is 0.227 e.